The van der Waals surface area contributed by atoms with Crippen LogP contribution in [0.3, 0.4) is 0 Å². The summed E-state index contributed by atoms with van der Waals surface area (Å²) in [5, 5.41) is 1.14. The molecule has 1 saturated heterocycles. The maximum atomic E-state index is 6.41. The Morgan fingerprint density at radius 3 is 2.70 bits per heavy atom. The average Bonchev–Trinajstić information content (AvgIpc) is 3.00. The summed E-state index contributed by atoms with van der Waals surface area (Å²) in [6.07, 6.45) is 0. The zero-order chi connectivity index (χ0) is 19.0. The molecule has 0 atom stereocenters. The van der Waals surface area contributed by atoms with Gasteiger partial charge >= 0.3 is 0 Å². The van der Waals surface area contributed by atoms with Gasteiger partial charge in [-0.05, 0) is 24.6 Å². The molecule has 2 aromatic carbocycles. The number of aromatic nitrogens is 2. The van der Waals surface area contributed by atoms with Gasteiger partial charge < -0.3 is 18.9 Å². The minimum absolute atomic E-state index is 0.558. The Hall–Kier alpha value is -1.95. The number of imidazole rings is 1. The molecule has 3 aromatic rings. The Morgan fingerprint density at radius 1 is 1.19 bits per heavy atom. The molecule has 1 aromatic heterocycles. The Bertz CT molecular complexity index is 981. The number of anilines is 1. The lowest BCUT2D eigenvalue weighted by atomic mass is 10.2. The first-order valence-electron chi connectivity index (χ1n) is 8.89. The lowest BCUT2D eigenvalue weighted by Crippen LogP contribution is -2.36. The van der Waals surface area contributed by atoms with Crippen molar-refractivity contribution in [3.05, 3.63) is 51.8 Å². The third-order valence-corrected chi connectivity index (χ3v) is 5.81. The number of fused-ring (bicyclic) bond motifs is 1. The molecule has 4 rings (SSSR count). The van der Waals surface area contributed by atoms with Crippen LogP contribution in [-0.2, 0) is 11.3 Å². The van der Waals surface area contributed by atoms with Crippen LogP contribution in [0.25, 0.3) is 11.0 Å². The van der Waals surface area contributed by atoms with Gasteiger partial charge in [-0.25, -0.2) is 4.98 Å². The normalized spacial score (nSPS) is 14.7. The molecule has 1 aliphatic heterocycles. The van der Waals surface area contributed by atoms with Crippen molar-refractivity contribution >= 4 is 39.9 Å². The molecule has 0 saturated carbocycles. The van der Waals surface area contributed by atoms with Gasteiger partial charge in [-0.3, -0.25) is 0 Å². The van der Waals surface area contributed by atoms with Crippen LogP contribution in [0.4, 0.5) is 5.69 Å². The van der Waals surface area contributed by atoms with Crippen molar-refractivity contribution in [2.45, 2.75) is 13.5 Å². The Kier molecular flexibility index (Phi) is 5.17. The van der Waals surface area contributed by atoms with E-state index in [1.165, 1.54) is 0 Å². The van der Waals surface area contributed by atoms with E-state index in [0.717, 1.165) is 60.2 Å². The molecule has 0 radical (unpaired) electrons. The smallest absolute Gasteiger partial charge is 0.148 e. The quantitative estimate of drug-likeness (QED) is 0.638. The lowest BCUT2D eigenvalue weighted by Gasteiger charge is -2.29. The summed E-state index contributed by atoms with van der Waals surface area (Å²) in [5.41, 5.74) is 3.94. The van der Waals surface area contributed by atoms with E-state index in [4.69, 9.17) is 37.7 Å². The van der Waals surface area contributed by atoms with E-state index in [1.54, 1.807) is 13.2 Å². The Balaban J connectivity index is 1.82. The topological polar surface area (TPSA) is 39.5 Å². The van der Waals surface area contributed by atoms with Crippen molar-refractivity contribution in [3.8, 4) is 5.75 Å². The van der Waals surface area contributed by atoms with Gasteiger partial charge in [-0.2, -0.15) is 0 Å². The van der Waals surface area contributed by atoms with E-state index in [1.807, 2.05) is 19.1 Å². The third-order valence-electron chi connectivity index (χ3n) is 4.95. The van der Waals surface area contributed by atoms with Crippen molar-refractivity contribution in [3.63, 3.8) is 0 Å². The highest BCUT2D eigenvalue weighted by Crippen LogP contribution is 2.34. The van der Waals surface area contributed by atoms with Crippen LogP contribution in [0, 0.1) is 6.92 Å². The largest absolute Gasteiger partial charge is 0.494 e. The number of aryl methyl sites for hydroxylation is 1. The van der Waals surface area contributed by atoms with Crippen molar-refractivity contribution < 1.29 is 9.47 Å². The molecular formula is C20H21Cl2N3O2. The van der Waals surface area contributed by atoms with Crippen molar-refractivity contribution in [1.29, 1.82) is 0 Å². The monoisotopic (exact) mass is 405 g/mol. The standard InChI is InChI=1S/C20H21Cl2N3O2/c1-13-23-20-17(25(13)12-14-4-3-5-16(21)19(14)22)10-15(11-18(20)26-2)24-6-8-27-9-7-24/h3-5,10-11H,6-9,12H2,1-2H3. The van der Waals surface area contributed by atoms with Crippen LogP contribution >= 0.6 is 23.2 Å². The maximum Gasteiger partial charge on any atom is 0.148 e. The number of morpholine rings is 1. The highest BCUT2D eigenvalue weighted by molar-refractivity contribution is 6.42. The SMILES string of the molecule is COc1cc(N2CCOCC2)cc2c1nc(C)n2Cc1cccc(Cl)c1Cl. The molecule has 0 bridgehead atoms. The number of halogens is 2. The minimum Gasteiger partial charge on any atom is -0.494 e. The number of hydrogen-bond donors (Lipinski definition) is 0. The lowest BCUT2D eigenvalue weighted by molar-refractivity contribution is 0.122. The van der Waals surface area contributed by atoms with E-state index in [0.29, 0.717) is 16.6 Å². The molecule has 5 nitrogen and oxygen atoms in total. The number of methoxy groups -OCH3 is 1. The maximum absolute atomic E-state index is 6.41. The molecule has 1 fully saturated rings. The summed E-state index contributed by atoms with van der Waals surface area (Å²) < 4.78 is 13.3. The van der Waals surface area contributed by atoms with Gasteiger partial charge in [0.1, 0.15) is 17.1 Å². The number of rotatable bonds is 4. The fourth-order valence-corrected chi connectivity index (χ4v) is 3.87. The fourth-order valence-electron chi connectivity index (χ4n) is 3.49. The van der Waals surface area contributed by atoms with Crippen LogP contribution in [0.5, 0.6) is 5.75 Å². The van der Waals surface area contributed by atoms with E-state index < -0.39 is 0 Å². The molecule has 0 amide bonds. The van der Waals surface area contributed by atoms with E-state index in [9.17, 15) is 0 Å². The van der Waals surface area contributed by atoms with Gasteiger partial charge in [0, 0.05) is 24.8 Å². The third kappa shape index (κ3) is 3.47. The highest BCUT2D eigenvalue weighted by Gasteiger charge is 2.19. The second-order valence-corrected chi connectivity index (χ2v) is 7.36. The van der Waals surface area contributed by atoms with Crippen LogP contribution in [0.15, 0.2) is 30.3 Å². The highest BCUT2D eigenvalue weighted by atomic mass is 35.5. The first kappa shape index (κ1) is 18.4. The molecule has 0 aliphatic carbocycles. The Morgan fingerprint density at radius 2 is 1.96 bits per heavy atom. The number of nitrogens with zero attached hydrogens (tertiary/aromatic N) is 3. The van der Waals surface area contributed by atoms with Crippen molar-refractivity contribution in [2.75, 3.05) is 38.3 Å². The van der Waals surface area contributed by atoms with Gasteiger partial charge in [0.05, 0.1) is 42.4 Å². The summed E-state index contributed by atoms with van der Waals surface area (Å²) >= 11 is 12.6. The van der Waals surface area contributed by atoms with Crippen LogP contribution in [-0.4, -0.2) is 43.0 Å². The first-order chi connectivity index (χ1) is 13.1. The molecule has 7 heteroatoms. The molecular weight excluding hydrogens is 385 g/mol. The summed E-state index contributed by atoms with van der Waals surface area (Å²) in [6, 6.07) is 9.92. The van der Waals surface area contributed by atoms with Gasteiger partial charge in [0.2, 0.25) is 0 Å². The summed E-state index contributed by atoms with van der Waals surface area (Å²) in [7, 11) is 1.68. The second kappa shape index (κ2) is 7.58. The fraction of sp³-hybridized carbons (Fsp3) is 0.350. The predicted octanol–water partition coefficient (Wildman–Crippen LogP) is 4.55. The molecule has 27 heavy (non-hydrogen) atoms. The van der Waals surface area contributed by atoms with E-state index in [-0.39, 0.29) is 0 Å². The van der Waals surface area contributed by atoms with Crippen LogP contribution in [0.2, 0.25) is 10.0 Å². The van der Waals surface area contributed by atoms with Gasteiger partial charge in [-0.1, -0.05) is 35.3 Å². The first-order valence-corrected chi connectivity index (χ1v) is 9.64. The molecule has 1 aliphatic rings. The summed E-state index contributed by atoms with van der Waals surface area (Å²) in [6.45, 7) is 5.78. The zero-order valence-electron chi connectivity index (χ0n) is 15.3. The second-order valence-electron chi connectivity index (χ2n) is 6.57. The molecule has 0 unspecified atom stereocenters. The summed E-state index contributed by atoms with van der Waals surface area (Å²) in [4.78, 5) is 7.05. The van der Waals surface area contributed by atoms with E-state index >= 15 is 0 Å². The zero-order valence-corrected chi connectivity index (χ0v) is 16.8. The molecule has 0 spiro atoms. The average molecular weight is 406 g/mol. The summed E-state index contributed by atoms with van der Waals surface area (Å²) in [5.74, 6) is 1.67. The van der Waals surface area contributed by atoms with Gasteiger partial charge in [0.15, 0.2) is 0 Å². The predicted molar refractivity (Wildman–Crippen MR) is 110 cm³/mol. The van der Waals surface area contributed by atoms with Crippen molar-refractivity contribution in [1.82, 2.24) is 9.55 Å². The van der Waals surface area contributed by atoms with Gasteiger partial charge in [0.25, 0.3) is 0 Å². The molecule has 2 heterocycles. The van der Waals surface area contributed by atoms with Crippen LogP contribution < -0.4 is 9.64 Å². The van der Waals surface area contributed by atoms with Crippen LogP contribution in [0.1, 0.15) is 11.4 Å². The number of ether oxygens (including phenoxy) is 2. The minimum atomic E-state index is 0.558. The van der Waals surface area contributed by atoms with Crippen molar-refractivity contribution in [2.24, 2.45) is 0 Å². The number of benzene rings is 2. The number of hydrogen-bond acceptors (Lipinski definition) is 4. The van der Waals surface area contributed by atoms with Gasteiger partial charge in [-0.15, -0.1) is 0 Å². The molecule has 142 valence electrons. The molecule has 0 N–H and O–H groups in total. The Labute approximate surface area is 168 Å². The van der Waals surface area contributed by atoms with E-state index in [2.05, 4.69) is 21.6 Å².